The van der Waals surface area contributed by atoms with E-state index < -0.39 is 12.1 Å². The fourth-order valence-electron chi connectivity index (χ4n) is 4.56. The molecule has 178 valence electrons. The topological polar surface area (TPSA) is 114 Å². The molecule has 33 heavy (non-hydrogen) atoms. The van der Waals surface area contributed by atoms with E-state index in [1.54, 1.807) is 6.07 Å². The number of benzene rings is 1. The van der Waals surface area contributed by atoms with Gasteiger partial charge in [-0.25, -0.2) is 4.98 Å². The van der Waals surface area contributed by atoms with Crippen molar-refractivity contribution in [2.24, 2.45) is 11.7 Å². The van der Waals surface area contributed by atoms with E-state index in [2.05, 4.69) is 55.3 Å². The third kappa shape index (κ3) is 6.11. The zero-order chi connectivity index (χ0) is 24.3. The van der Waals surface area contributed by atoms with Gasteiger partial charge in [-0.3, -0.25) is 14.5 Å². The number of pyridine rings is 1. The molecule has 1 saturated heterocycles. The van der Waals surface area contributed by atoms with Crippen molar-refractivity contribution in [1.82, 2.24) is 15.2 Å². The standard InChI is InChI=1S/C26H37N5O2/c1-16-20(8-11-23(27)30-16)14-29-25(33)17(2)31-15-19(13-22(31)24(28)32)12-18-6-9-21(10-7-18)26(3,4)5/h6-11,17,19,22H,12-15H2,1-5H3,(H2,27,30)(H2,28,32)(H,29,33)/t17-,19?,22?/m0/s1. The van der Waals surface area contributed by atoms with E-state index in [9.17, 15) is 9.59 Å². The molecule has 0 bridgehead atoms. The van der Waals surface area contributed by atoms with Gasteiger partial charge in [-0.15, -0.1) is 0 Å². The first-order chi connectivity index (χ1) is 15.5. The fraction of sp³-hybridized carbons (Fsp3) is 0.500. The van der Waals surface area contributed by atoms with Crippen LogP contribution < -0.4 is 16.8 Å². The molecular formula is C26H37N5O2. The number of primary amides is 1. The number of amides is 2. The second-order valence-corrected chi connectivity index (χ2v) is 10.2. The summed E-state index contributed by atoms with van der Waals surface area (Å²) in [6.45, 7) is 11.3. The van der Waals surface area contributed by atoms with Gasteiger partial charge in [0.1, 0.15) is 5.82 Å². The smallest absolute Gasteiger partial charge is 0.237 e. The minimum absolute atomic E-state index is 0.115. The predicted octanol–water partition coefficient (Wildman–Crippen LogP) is 2.69. The van der Waals surface area contributed by atoms with E-state index in [0.717, 1.165) is 17.7 Å². The summed E-state index contributed by atoms with van der Waals surface area (Å²) in [4.78, 5) is 31.2. The Morgan fingerprint density at radius 1 is 1.18 bits per heavy atom. The third-order valence-electron chi connectivity index (χ3n) is 6.65. The lowest BCUT2D eigenvalue weighted by molar-refractivity contribution is -0.129. The number of likely N-dealkylation sites (tertiary alicyclic amines) is 1. The van der Waals surface area contributed by atoms with E-state index in [0.29, 0.717) is 25.3 Å². The quantitative estimate of drug-likeness (QED) is 0.599. The number of rotatable bonds is 7. The molecule has 5 N–H and O–H groups in total. The Morgan fingerprint density at radius 2 is 1.85 bits per heavy atom. The van der Waals surface area contributed by atoms with Crippen molar-refractivity contribution in [3.63, 3.8) is 0 Å². The lowest BCUT2D eigenvalue weighted by atomic mass is 9.86. The zero-order valence-corrected chi connectivity index (χ0v) is 20.4. The van der Waals surface area contributed by atoms with Crippen LogP contribution in [0.3, 0.4) is 0 Å². The summed E-state index contributed by atoms with van der Waals surface area (Å²) in [5.74, 6) is 0.213. The number of aromatic nitrogens is 1. The normalized spacial score (nSPS) is 19.9. The number of hydrogen-bond donors (Lipinski definition) is 3. The van der Waals surface area contributed by atoms with E-state index >= 15 is 0 Å². The second kappa shape index (κ2) is 9.91. The van der Waals surface area contributed by atoms with Crippen LogP contribution in [0.25, 0.3) is 0 Å². The molecule has 3 rings (SSSR count). The molecule has 3 atom stereocenters. The van der Waals surface area contributed by atoms with Gasteiger partial charge in [0.15, 0.2) is 0 Å². The molecule has 7 nitrogen and oxygen atoms in total. The molecule has 1 fully saturated rings. The molecule has 0 radical (unpaired) electrons. The van der Waals surface area contributed by atoms with Crippen molar-refractivity contribution in [2.45, 2.75) is 71.5 Å². The summed E-state index contributed by atoms with van der Waals surface area (Å²) < 4.78 is 0. The minimum atomic E-state index is -0.460. The van der Waals surface area contributed by atoms with E-state index in [1.165, 1.54) is 11.1 Å². The molecule has 2 unspecified atom stereocenters. The van der Waals surface area contributed by atoms with Crippen molar-refractivity contribution < 1.29 is 9.59 Å². The van der Waals surface area contributed by atoms with Gasteiger partial charge in [0.25, 0.3) is 0 Å². The van der Waals surface area contributed by atoms with Crippen LogP contribution in [-0.2, 0) is 28.0 Å². The summed E-state index contributed by atoms with van der Waals surface area (Å²) in [5, 5.41) is 2.97. The Balaban J connectivity index is 1.63. The molecular weight excluding hydrogens is 414 g/mol. The van der Waals surface area contributed by atoms with Gasteiger partial charge in [-0.2, -0.15) is 0 Å². The van der Waals surface area contributed by atoms with Gasteiger partial charge in [0, 0.05) is 18.8 Å². The van der Waals surface area contributed by atoms with Crippen LogP contribution in [0.15, 0.2) is 36.4 Å². The first-order valence-corrected chi connectivity index (χ1v) is 11.6. The van der Waals surface area contributed by atoms with Crippen LogP contribution in [-0.4, -0.2) is 40.3 Å². The molecule has 1 aliphatic rings. The SMILES string of the molecule is Cc1nc(N)ccc1CNC(=O)[C@H](C)N1CC(Cc2ccc(C(C)(C)C)cc2)CC1C(N)=O. The van der Waals surface area contributed by atoms with Crippen molar-refractivity contribution >= 4 is 17.6 Å². The van der Waals surface area contributed by atoms with Crippen molar-refractivity contribution in [2.75, 3.05) is 12.3 Å². The van der Waals surface area contributed by atoms with Crippen molar-refractivity contribution in [1.29, 1.82) is 0 Å². The van der Waals surface area contributed by atoms with Crippen LogP contribution in [0.4, 0.5) is 5.82 Å². The van der Waals surface area contributed by atoms with Crippen LogP contribution in [0.2, 0.25) is 0 Å². The van der Waals surface area contributed by atoms with E-state index in [4.69, 9.17) is 11.5 Å². The number of nitrogens with zero attached hydrogens (tertiary/aromatic N) is 2. The molecule has 2 amide bonds. The maximum atomic E-state index is 12.9. The lowest BCUT2D eigenvalue weighted by Crippen LogP contribution is -2.51. The average molecular weight is 452 g/mol. The molecule has 1 aromatic heterocycles. The first-order valence-electron chi connectivity index (χ1n) is 11.6. The maximum absolute atomic E-state index is 12.9. The Kier molecular flexibility index (Phi) is 7.42. The van der Waals surface area contributed by atoms with Crippen molar-refractivity contribution in [3.8, 4) is 0 Å². The molecule has 0 spiro atoms. The average Bonchev–Trinajstić information content (AvgIpc) is 3.16. The van der Waals surface area contributed by atoms with E-state index in [1.807, 2.05) is 24.8 Å². The maximum Gasteiger partial charge on any atom is 0.237 e. The summed E-state index contributed by atoms with van der Waals surface area (Å²) in [6.07, 6.45) is 1.52. The van der Waals surface area contributed by atoms with E-state index in [-0.39, 0.29) is 23.1 Å². The summed E-state index contributed by atoms with van der Waals surface area (Å²) in [5.41, 5.74) is 15.8. The van der Waals surface area contributed by atoms with Crippen LogP contribution in [0.1, 0.15) is 56.5 Å². The van der Waals surface area contributed by atoms with Gasteiger partial charge >= 0.3 is 0 Å². The minimum Gasteiger partial charge on any atom is -0.384 e. The largest absolute Gasteiger partial charge is 0.384 e. The number of anilines is 1. The highest BCUT2D eigenvalue weighted by atomic mass is 16.2. The highest BCUT2D eigenvalue weighted by Crippen LogP contribution is 2.29. The van der Waals surface area contributed by atoms with Gasteiger partial charge in [0.2, 0.25) is 11.8 Å². The monoisotopic (exact) mass is 451 g/mol. The molecule has 0 aliphatic carbocycles. The molecule has 0 saturated carbocycles. The number of hydrogen-bond acceptors (Lipinski definition) is 5. The Hall–Kier alpha value is -2.93. The number of carbonyl (C=O) groups excluding carboxylic acids is 2. The Labute approximate surface area is 196 Å². The van der Waals surface area contributed by atoms with Crippen molar-refractivity contribution in [3.05, 3.63) is 58.8 Å². The summed E-state index contributed by atoms with van der Waals surface area (Å²) >= 11 is 0. The molecule has 1 aliphatic heterocycles. The zero-order valence-electron chi connectivity index (χ0n) is 20.4. The van der Waals surface area contributed by atoms with Crippen LogP contribution in [0, 0.1) is 12.8 Å². The van der Waals surface area contributed by atoms with Gasteiger partial charge in [-0.1, -0.05) is 51.1 Å². The van der Waals surface area contributed by atoms with Crippen LogP contribution >= 0.6 is 0 Å². The Bertz CT molecular complexity index is 997. The van der Waals surface area contributed by atoms with Gasteiger partial charge in [0.05, 0.1) is 12.1 Å². The summed E-state index contributed by atoms with van der Waals surface area (Å²) in [6, 6.07) is 11.4. The molecule has 2 aromatic rings. The second-order valence-electron chi connectivity index (χ2n) is 10.2. The summed E-state index contributed by atoms with van der Waals surface area (Å²) in [7, 11) is 0. The van der Waals surface area contributed by atoms with Gasteiger partial charge in [-0.05, 0) is 60.8 Å². The number of nitrogens with two attached hydrogens (primary N) is 2. The highest BCUT2D eigenvalue weighted by molar-refractivity contribution is 5.84. The lowest BCUT2D eigenvalue weighted by Gasteiger charge is -2.28. The fourth-order valence-corrected chi connectivity index (χ4v) is 4.56. The number of aryl methyl sites for hydroxylation is 1. The molecule has 2 heterocycles. The number of nitrogen functional groups attached to an aromatic ring is 1. The molecule has 7 heteroatoms. The van der Waals surface area contributed by atoms with Crippen LogP contribution in [0.5, 0.6) is 0 Å². The van der Waals surface area contributed by atoms with Gasteiger partial charge < -0.3 is 16.8 Å². The highest BCUT2D eigenvalue weighted by Gasteiger charge is 2.40. The predicted molar refractivity (Wildman–Crippen MR) is 131 cm³/mol. The molecule has 1 aromatic carbocycles. The number of carbonyl (C=O) groups is 2. The first kappa shape index (κ1) is 24.7. The number of nitrogens with one attached hydrogen (secondary N) is 1. The Morgan fingerprint density at radius 3 is 2.42 bits per heavy atom. The third-order valence-corrected chi connectivity index (χ3v) is 6.65.